The third-order valence-electron chi connectivity index (χ3n) is 3.40. The van der Waals surface area contributed by atoms with Gasteiger partial charge in [-0.2, -0.15) is 0 Å². The number of hydrogen-bond donors (Lipinski definition) is 1. The highest BCUT2D eigenvalue weighted by Gasteiger charge is 2.16. The molecule has 2 rings (SSSR count). The van der Waals surface area contributed by atoms with Crippen LogP contribution >= 0.6 is 0 Å². The lowest BCUT2D eigenvalue weighted by atomic mass is 9.97. The number of aryl methyl sites for hydroxylation is 1. The van der Waals surface area contributed by atoms with Crippen molar-refractivity contribution in [1.82, 2.24) is 14.8 Å². The quantitative estimate of drug-likeness (QED) is 0.852. The van der Waals surface area contributed by atoms with Crippen LogP contribution in [0.4, 0.5) is 5.95 Å². The molecule has 0 bridgehead atoms. The lowest BCUT2D eigenvalue weighted by molar-refractivity contribution is 0.527. The molecule has 0 spiro atoms. The monoisotopic (exact) mass is 248 g/mol. The van der Waals surface area contributed by atoms with Gasteiger partial charge in [0.05, 0.1) is 12.5 Å². The first-order chi connectivity index (χ1) is 8.72. The molecule has 0 aliphatic heterocycles. The second-order valence-electron chi connectivity index (χ2n) is 4.60. The molecule has 0 aliphatic carbocycles. The molecule has 0 amide bonds. The molecule has 0 aliphatic rings. The summed E-state index contributed by atoms with van der Waals surface area (Å²) >= 11 is 0. The molecule has 5 nitrogen and oxygen atoms in total. The van der Waals surface area contributed by atoms with Crippen molar-refractivity contribution in [2.45, 2.75) is 38.5 Å². The van der Waals surface area contributed by atoms with Crippen LogP contribution < -0.4 is 5.73 Å². The predicted molar refractivity (Wildman–Crippen MR) is 70.1 cm³/mol. The zero-order valence-electron chi connectivity index (χ0n) is 11.0. The summed E-state index contributed by atoms with van der Waals surface area (Å²) in [6.07, 6.45) is 7.83. The molecule has 0 fully saturated rings. The molecule has 1 unspecified atom stereocenters. The van der Waals surface area contributed by atoms with Crippen LogP contribution in [0.2, 0.25) is 0 Å². The van der Waals surface area contributed by atoms with E-state index in [0.29, 0.717) is 11.9 Å². The summed E-state index contributed by atoms with van der Waals surface area (Å²) in [7, 11) is 1.92. The molecule has 1 atom stereocenters. The average molecular weight is 248 g/mol. The standard InChI is InChI=1S/C13H20N4O/c1-3-11(12-15-16-13(14)17(12)2)6-4-5-10-7-8-18-9-10/h7-9,11H,3-6H2,1-2H3,(H2,14,16). The van der Waals surface area contributed by atoms with Gasteiger partial charge >= 0.3 is 0 Å². The molecular weight excluding hydrogens is 228 g/mol. The molecule has 0 saturated carbocycles. The largest absolute Gasteiger partial charge is 0.472 e. The Kier molecular flexibility index (Phi) is 4.02. The van der Waals surface area contributed by atoms with E-state index in [9.17, 15) is 0 Å². The zero-order valence-corrected chi connectivity index (χ0v) is 11.0. The third kappa shape index (κ3) is 2.72. The van der Waals surface area contributed by atoms with Crippen LogP contribution in [0.5, 0.6) is 0 Å². The number of nitrogen functional groups attached to an aromatic ring is 1. The molecular formula is C13H20N4O. The van der Waals surface area contributed by atoms with Crippen molar-refractivity contribution in [1.29, 1.82) is 0 Å². The third-order valence-corrected chi connectivity index (χ3v) is 3.40. The highest BCUT2D eigenvalue weighted by atomic mass is 16.3. The Balaban J connectivity index is 1.91. The highest BCUT2D eigenvalue weighted by molar-refractivity contribution is 5.18. The van der Waals surface area contributed by atoms with Gasteiger partial charge < -0.3 is 14.7 Å². The summed E-state index contributed by atoms with van der Waals surface area (Å²) in [5.41, 5.74) is 6.97. The van der Waals surface area contributed by atoms with Crippen LogP contribution in [-0.4, -0.2) is 14.8 Å². The summed E-state index contributed by atoms with van der Waals surface area (Å²) in [5, 5.41) is 8.09. The van der Waals surface area contributed by atoms with Gasteiger partial charge in [0.2, 0.25) is 5.95 Å². The molecule has 98 valence electrons. The van der Waals surface area contributed by atoms with E-state index in [-0.39, 0.29) is 0 Å². The maximum atomic E-state index is 5.72. The van der Waals surface area contributed by atoms with Gasteiger partial charge in [-0.05, 0) is 37.3 Å². The van der Waals surface area contributed by atoms with Crippen molar-refractivity contribution in [2.75, 3.05) is 5.73 Å². The molecule has 18 heavy (non-hydrogen) atoms. The topological polar surface area (TPSA) is 69.9 Å². The Morgan fingerprint density at radius 3 is 2.83 bits per heavy atom. The Morgan fingerprint density at radius 2 is 2.28 bits per heavy atom. The van der Waals surface area contributed by atoms with E-state index in [1.54, 1.807) is 12.5 Å². The normalized spacial score (nSPS) is 12.8. The van der Waals surface area contributed by atoms with Crippen molar-refractivity contribution in [3.63, 3.8) is 0 Å². The maximum Gasteiger partial charge on any atom is 0.221 e. The number of aromatic nitrogens is 3. The predicted octanol–water partition coefficient (Wildman–Crippen LogP) is 2.51. The van der Waals surface area contributed by atoms with E-state index in [1.807, 2.05) is 17.7 Å². The smallest absolute Gasteiger partial charge is 0.221 e. The van der Waals surface area contributed by atoms with Gasteiger partial charge in [-0.1, -0.05) is 6.92 Å². The van der Waals surface area contributed by atoms with Gasteiger partial charge in [0.25, 0.3) is 0 Å². The Hall–Kier alpha value is -1.78. The van der Waals surface area contributed by atoms with Crippen molar-refractivity contribution >= 4 is 5.95 Å². The van der Waals surface area contributed by atoms with Crippen LogP contribution in [0.1, 0.15) is 43.5 Å². The summed E-state index contributed by atoms with van der Waals surface area (Å²) < 4.78 is 6.94. The first kappa shape index (κ1) is 12.7. The Morgan fingerprint density at radius 1 is 1.44 bits per heavy atom. The lowest BCUT2D eigenvalue weighted by Crippen LogP contribution is -2.08. The number of hydrogen-bond acceptors (Lipinski definition) is 4. The molecule has 2 heterocycles. The zero-order chi connectivity index (χ0) is 13.0. The molecule has 0 radical (unpaired) electrons. The number of nitrogens with two attached hydrogens (primary N) is 1. The lowest BCUT2D eigenvalue weighted by Gasteiger charge is -2.13. The van der Waals surface area contributed by atoms with E-state index in [0.717, 1.165) is 31.5 Å². The molecule has 0 saturated heterocycles. The second-order valence-corrected chi connectivity index (χ2v) is 4.60. The van der Waals surface area contributed by atoms with E-state index >= 15 is 0 Å². The van der Waals surface area contributed by atoms with Crippen molar-refractivity contribution < 1.29 is 4.42 Å². The number of furan rings is 1. The minimum absolute atomic E-state index is 0.423. The van der Waals surface area contributed by atoms with E-state index in [2.05, 4.69) is 17.1 Å². The minimum Gasteiger partial charge on any atom is -0.472 e. The van der Waals surface area contributed by atoms with Crippen LogP contribution in [0.3, 0.4) is 0 Å². The summed E-state index contributed by atoms with van der Waals surface area (Å²) in [6, 6.07) is 2.02. The molecule has 5 heteroatoms. The SMILES string of the molecule is CCC(CCCc1ccoc1)c1nnc(N)n1C. The molecule has 2 aromatic rings. The molecule has 0 aromatic carbocycles. The maximum absolute atomic E-state index is 5.72. The van der Waals surface area contributed by atoms with Crippen LogP contribution in [0.25, 0.3) is 0 Å². The van der Waals surface area contributed by atoms with Crippen LogP contribution in [0.15, 0.2) is 23.0 Å². The highest BCUT2D eigenvalue weighted by Crippen LogP contribution is 2.24. The van der Waals surface area contributed by atoms with E-state index in [4.69, 9.17) is 10.2 Å². The van der Waals surface area contributed by atoms with Gasteiger partial charge in [0.15, 0.2) is 0 Å². The van der Waals surface area contributed by atoms with Crippen LogP contribution in [-0.2, 0) is 13.5 Å². The van der Waals surface area contributed by atoms with Gasteiger partial charge in [-0.3, -0.25) is 0 Å². The molecule has 2 N–H and O–H groups in total. The van der Waals surface area contributed by atoms with Gasteiger partial charge in [0, 0.05) is 13.0 Å². The second kappa shape index (κ2) is 5.71. The summed E-state index contributed by atoms with van der Waals surface area (Å²) in [5.74, 6) is 1.90. The summed E-state index contributed by atoms with van der Waals surface area (Å²) in [4.78, 5) is 0. The molecule has 2 aromatic heterocycles. The minimum atomic E-state index is 0.423. The van der Waals surface area contributed by atoms with E-state index < -0.39 is 0 Å². The first-order valence-electron chi connectivity index (χ1n) is 6.38. The van der Waals surface area contributed by atoms with Crippen molar-refractivity contribution in [3.05, 3.63) is 30.0 Å². The van der Waals surface area contributed by atoms with Crippen molar-refractivity contribution in [2.24, 2.45) is 7.05 Å². The number of anilines is 1. The summed E-state index contributed by atoms with van der Waals surface area (Å²) in [6.45, 7) is 2.17. The fourth-order valence-electron chi connectivity index (χ4n) is 2.21. The Bertz CT molecular complexity index is 475. The fraction of sp³-hybridized carbons (Fsp3) is 0.538. The van der Waals surface area contributed by atoms with Crippen molar-refractivity contribution in [3.8, 4) is 0 Å². The number of nitrogens with zero attached hydrogens (tertiary/aromatic N) is 3. The fourth-order valence-corrected chi connectivity index (χ4v) is 2.21. The van der Waals surface area contributed by atoms with Gasteiger partial charge in [-0.15, -0.1) is 10.2 Å². The Labute approximate surface area is 107 Å². The first-order valence-corrected chi connectivity index (χ1v) is 6.38. The van der Waals surface area contributed by atoms with Gasteiger partial charge in [-0.25, -0.2) is 0 Å². The number of rotatable bonds is 6. The van der Waals surface area contributed by atoms with E-state index in [1.165, 1.54) is 5.56 Å². The van der Waals surface area contributed by atoms with Gasteiger partial charge in [0.1, 0.15) is 5.82 Å². The van der Waals surface area contributed by atoms with Crippen LogP contribution in [0, 0.1) is 0 Å². The average Bonchev–Trinajstić information content (AvgIpc) is 2.98.